The summed E-state index contributed by atoms with van der Waals surface area (Å²) in [5.74, 6) is -2.19. The second kappa shape index (κ2) is 33.3. The van der Waals surface area contributed by atoms with Crippen molar-refractivity contribution in [3.63, 3.8) is 0 Å². The first-order valence-electron chi connectivity index (χ1n) is 25.1. The zero-order chi connectivity index (χ0) is 61.0. The van der Waals surface area contributed by atoms with Crippen LogP contribution in [0.5, 0.6) is 46.0 Å². The van der Waals surface area contributed by atoms with Crippen molar-refractivity contribution < 1.29 is 114 Å². The summed E-state index contributed by atoms with van der Waals surface area (Å²) in [7, 11) is 9.98. The van der Waals surface area contributed by atoms with Crippen LogP contribution in [0.4, 0.5) is 0 Å². The first-order chi connectivity index (χ1) is 40.6. The average Bonchev–Trinajstić information content (AvgIpc) is 3.71. The zero-order valence-electron chi connectivity index (χ0n) is 47.0. The molecule has 0 N–H and O–H groups in total. The molecule has 0 aromatic heterocycles. The molecular weight excluding hydrogens is 1100 g/mol. The van der Waals surface area contributed by atoms with Gasteiger partial charge in [-0.25, -0.2) is 38.4 Å². The Labute approximate surface area is 482 Å². The largest absolute Gasteiger partial charge is 0.490 e. The normalized spacial score (nSPS) is 10.2. The van der Waals surface area contributed by atoms with Gasteiger partial charge in [-0.05, 0) is 97.1 Å². The molecule has 84 heavy (non-hydrogen) atoms. The van der Waals surface area contributed by atoms with Crippen LogP contribution in [0.1, 0.15) is 82.9 Å². The number of ether oxygens (including phenoxy) is 16. The van der Waals surface area contributed by atoms with Gasteiger partial charge in [-0.3, -0.25) is 0 Å². The van der Waals surface area contributed by atoms with Gasteiger partial charge in [0.05, 0.1) is 79.1 Å². The molecule has 6 rings (SSSR count). The number of methoxy groups -OCH3 is 8. The van der Waals surface area contributed by atoms with Crippen molar-refractivity contribution >= 4 is 47.8 Å². The van der Waals surface area contributed by atoms with Gasteiger partial charge in [-0.1, -0.05) is 12.1 Å². The monoisotopic (exact) mass is 1160 g/mol. The number of hydrogen-bond donors (Lipinski definition) is 0. The van der Waals surface area contributed by atoms with E-state index in [4.69, 9.17) is 75.8 Å². The van der Waals surface area contributed by atoms with Crippen LogP contribution in [0.25, 0.3) is 0 Å². The molecule has 6 aromatic rings. The summed E-state index contributed by atoms with van der Waals surface area (Å²) in [6.45, 7) is 0.679. The summed E-state index contributed by atoms with van der Waals surface area (Å²) >= 11 is 0. The maximum Gasteiger partial charge on any atom is 0.341 e. The van der Waals surface area contributed by atoms with Crippen molar-refractivity contribution in [3.05, 3.63) is 166 Å². The summed E-state index contributed by atoms with van der Waals surface area (Å²) in [5, 5.41) is 0. The molecule has 0 bridgehead atoms. The maximum atomic E-state index is 12.1. The number of rotatable bonds is 28. The molecule has 0 saturated carbocycles. The lowest BCUT2D eigenvalue weighted by molar-refractivity contribution is 0.0581. The Morgan fingerprint density at radius 1 is 0.238 bits per heavy atom. The van der Waals surface area contributed by atoms with E-state index in [-0.39, 0.29) is 120 Å². The number of benzene rings is 6. The van der Waals surface area contributed by atoms with Crippen LogP contribution in [0.15, 0.2) is 121 Å². The fraction of sp³-hybridized carbons (Fsp3) is 0.267. The van der Waals surface area contributed by atoms with Gasteiger partial charge in [0.2, 0.25) is 0 Å². The minimum absolute atomic E-state index is 0.0563. The van der Waals surface area contributed by atoms with Gasteiger partial charge >= 0.3 is 47.8 Å². The van der Waals surface area contributed by atoms with E-state index >= 15 is 0 Å². The first kappa shape index (κ1) is 64.3. The third kappa shape index (κ3) is 18.8. The SMILES string of the molecule is COC(=O)c1ccc(C(=O)OC)c(OCCOc2cccc(OCCOc3cc(C(=O)OC)ccc3C(=O)OC)c2)c1.COC(=O)c1ccc(C(=O)OC)c(OCCOc2cccc(OCCOc3cc(C(=O)OC)ccc3C(=O)OC)c2)c1. The molecule has 0 radical (unpaired) electrons. The number of carbonyl (C=O) groups excluding carboxylic acids is 8. The third-order valence-electron chi connectivity index (χ3n) is 11.3. The highest BCUT2D eigenvalue weighted by atomic mass is 16.6. The molecule has 0 spiro atoms. The van der Waals surface area contributed by atoms with E-state index in [9.17, 15) is 38.4 Å². The highest BCUT2D eigenvalue weighted by Crippen LogP contribution is 2.28. The maximum absolute atomic E-state index is 12.1. The molecule has 0 unspecified atom stereocenters. The van der Waals surface area contributed by atoms with E-state index < -0.39 is 47.8 Å². The Bertz CT molecular complexity index is 2840. The van der Waals surface area contributed by atoms with Crippen molar-refractivity contribution in [2.75, 3.05) is 110 Å². The van der Waals surface area contributed by atoms with Crippen molar-refractivity contribution in [1.82, 2.24) is 0 Å². The molecule has 0 aliphatic carbocycles. The lowest BCUT2D eigenvalue weighted by atomic mass is 10.1. The van der Waals surface area contributed by atoms with Gasteiger partial charge in [-0.2, -0.15) is 0 Å². The summed E-state index contributed by atoms with van der Waals surface area (Å²) in [4.78, 5) is 95.7. The summed E-state index contributed by atoms with van der Waals surface area (Å²) in [5.41, 5.74) is 1.47. The second-order valence-electron chi connectivity index (χ2n) is 16.5. The van der Waals surface area contributed by atoms with Gasteiger partial charge < -0.3 is 75.8 Å². The molecule has 0 aliphatic heterocycles. The number of carbonyl (C=O) groups is 8. The van der Waals surface area contributed by atoms with Crippen LogP contribution >= 0.6 is 0 Å². The summed E-state index contributed by atoms with van der Waals surface area (Å²) < 4.78 is 83.6. The quantitative estimate of drug-likeness (QED) is 0.0261. The Hall–Kier alpha value is -10.5. The van der Waals surface area contributed by atoms with Crippen LogP contribution in [0.2, 0.25) is 0 Å². The highest BCUT2D eigenvalue weighted by molar-refractivity contribution is 5.98. The minimum atomic E-state index is -0.617. The molecule has 0 amide bonds. The van der Waals surface area contributed by atoms with Crippen LogP contribution in [0, 0.1) is 0 Å². The molecule has 6 aromatic carbocycles. The number of esters is 8. The average molecular weight is 1170 g/mol. The van der Waals surface area contributed by atoms with Gasteiger partial charge in [0.15, 0.2) is 0 Å². The first-order valence-corrected chi connectivity index (χ1v) is 25.1. The number of hydrogen-bond acceptors (Lipinski definition) is 24. The van der Waals surface area contributed by atoms with Crippen LogP contribution in [0.3, 0.4) is 0 Å². The predicted octanol–water partition coefficient (Wildman–Crippen LogP) is 7.50. The fourth-order valence-electron chi connectivity index (χ4n) is 7.21. The summed E-state index contributed by atoms with van der Waals surface area (Å²) in [6, 6.07) is 30.7. The lowest BCUT2D eigenvalue weighted by Crippen LogP contribution is -2.14. The van der Waals surface area contributed by atoms with E-state index in [2.05, 4.69) is 0 Å². The van der Waals surface area contributed by atoms with Gasteiger partial charge in [0, 0.05) is 12.1 Å². The lowest BCUT2D eigenvalue weighted by Gasteiger charge is -2.14. The van der Waals surface area contributed by atoms with Crippen LogP contribution in [-0.2, 0) is 37.9 Å². The Balaban J connectivity index is 0.000000307. The molecule has 0 atom stereocenters. The molecule has 0 fully saturated rings. The highest BCUT2D eigenvalue weighted by Gasteiger charge is 2.21. The van der Waals surface area contributed by atoms with E-state index in [1.807, 2.05) is 0 Å². The molecule has 444 valence electrons. The molecule has 0 aliphatic rings. The Morgan fingerprint density at radius 3 is 0.619 bits per heavy atom. The van der Waals surface area contributed by atoms with Crippen LogP contribution in [-0.4, -0.2) is 157 Å². The van der Waals surface area contributed by atoms with E-state index in [1.54, 1.807) is 48.5 Å². The topological polar surface area (TPSA) is 284 Å². The minimum Gasteiger partial charge on any atom is -0.490 e. The Morgan fingerprint density at radius 2 is 0.429 bits per heavy atom. The van der Waals surface area contributed by atoms with Gasteiger partial charge in [-0.15, -0.1) is 0 Å². The standard InChI is InChI=1S/2C30H30O12/c2*1-35-27(31)19-8-10-23(29(33)37-3)25(16-19)41-14-12-39-21-6-5-7-22(18-21)40-13-15-42-26-17-20(28(32)36-2)9-11-24(26)30(34)38-4/h2*5-11,16-18H,12-15H2,1-4H3. The molecule has 0 heterocycles. The van der Waals surface area contributed by atoms with E-state index in [0.717, 1.165) is 0 Å². The van der Waals surface area contributed by atoms with Gasteiger partial charge in [0.25, 0.3) is 0 Å². The summed E-state index contributed by atoms with van der Waals surface area (Å²) in [6.07, 6.45) is 0. The smallest absolute Gasteiger partial charge is 0.341 e. The van der Waals surface area contributed by atoms with Crippen molar-refractivity contribution in [2.24, 2.45) is 0 Å². The van der Waals surface area contributed by atoms with Crippen molar-refractivity contribution in [2.45, 2.75) is 0 Å². The second-order valence-corrected chi connectivity index (χ2v) is 16.5. The Kier molecular flexibility index (Phi) is 25.5. The van der Waals surface area contributed by atoms with Crippen molar-refractivity contribution in [1.29, 1.82) is 0 Å². The fourth-order valence-corrected chi connectivity index (χ4v) is 7.21. The molecule has 0 saturated heterocycles. The van der Waals surface area contributed by atoms with Crippen LogP contribution < -0.4 is 37.9 Å². The molecule has 24 heteroatoms. The van der Waals surface area contributed by atoms with E-state index in [1.165, 1.54) is 130 Å². The zero-order valence-corrected chi connectivity index (χ0v) is 47.0. The van der Waals surface area contributed by atoms with E-state index in [0.29, 0.717) is 23.0 Å². The molecule has 24 nitrogen and oxygen atoms in total. The van der Waals surface area contributed by atoms with Crippen molar-refractivity contribution in [3.8, 4) is 46.0 Å². The predicted molar refractivity (Wildman–Crippen MR) is 293 cm³/mol. The third-order valence-corrected chi connectivity index (χ3v) is 11.3. The van der Waals surface area contributed by atoms with Gasteiger partial charge in [0.1, 0.15) is 121 Å². The molecular formula is C60H60O24.